The average molecular weight is 256 g/mol. The molecule has 0 aliphatic heterocycles. The number of allylic oxidation sites excluding steroid dienone is 1. The third-order valence-corrected chi connectivity index (χ3v) is 2.33. The Morgan fingerprint density at radius 3 is 1.47 bits per heavy atom. The molecule has 0 aromatic heterocycles. The SMILES string of the molecule is C=Cc1ccc(C=C)c(/C=C\C)c1C=C.CC.CC. The van der Waals surface area contributed by atoms with Crippen molar-refractivity contribution in [3.8, 4) is 0 Å². The minimum atomic E-state index is 1.10. The quantitative estimate of drug-likeness (QED) is 0.562. The highest BCUT2D eigenvalue weighted by atomic mass is 14.1. The van der Waals surface area contributed by atoms with E-state index in [2.05, 4.69) is 25.8 Å². The van der Waals surface area contributed by atoms with E-state index in [1.807, 2.05) is 71.1 Å². The molecule has 0 amide bonds. The second-order valence-electron chi connectivity index (χ2n) is 3.18. The Balaban J connectivity index is 0. The van der Waals surface area contributed by atoms with Gasteiger partial charge in [-0.2, -0.15) is 0 Å². The van der Waals surface area contributed by atoms with Gasteiger partial charge in [0.2, 0.25) is 0 Å². The summed E-state index contributed by atoms with van der Waals surface area (Å²) in [5, 5.41) is 0. The summed E-state index contributed by atoms with van der Waals surface area (Å²) in [6.07, 6.45) is 9.65. The number of benzene rings is 1. The minimum Gasteiger partial charge on any atom is -0.0984 e. The number of hydrogen-bond acceptors (Lipinski definition) is 0. The Bertz CT molecular complexity index is 420. The summed E-state index contributed by atoms with van der Waals surface area (Å²) in [7, 11) is 0. The summed E-state index contributed by atoms with van der Waals surface area (Å²) in [6.45, 7) is 21.5. The monoisotopic (exact) mass is 256 g/mol. The Labute approximate surface area is 119 Å². The third kappa shape index (κ3) is 5.56. The van der Waals surface area contributed by atoms with Crippen molar-refractivity contribution in [3.05, 3.63) is 60.2 Å². The maximum atomic E-state index is 3.84. The van der Waals surface area contributed by atoms with E-state index < -0.39 is 0 Å². The van der Waals surface area contributed by atoms with Crippen LogP contribution in [-0.2, 0) is 0 Å². The molecule has 0 nitrogen and oxygen atoms in total. The summed E-state index contributed by atoms with van der Waals surface area (Å²) in [5.74, 6) is 0. The van der Waals surface area contributed by atoms with Crippen molar-refractivity contribution >= 4 is 24.3 Å². The summed E-state index contributed by atoms with van der Waals surface area (Å²) in [4.78, 5) is 0. The van der Waals surface area contributed by atoms with Crippen molar-refractivity contribution in [1.82, 2.24) is 0 Å². The van der Waals surface area contributed by atoms with Gasteiger partial charge in [0.1, 0.15) is 0 Å². The van der Waals surface area contributed by atoms with Crippen LogP contribution in [0.3, 0.4) is 0 Å². The van der Waals surface area contributed by atoms with Crippen molar-refractivity contribution in [2.75, 3.05) is 0 Å². The molecule has 0 spiro atoms. The first-order valence-corrected chi connectivity index (χ1v) is 6.95. The fourth-order valence-electron chi connectivity index (χ4n) is 1.61. The van der Waals surface area contributed by atoms with E-state index in [1.165, 1.54) is 0 Å². The number of hydrogen-bond donors (Lipinski definition) is 0. The minimum absolute atomic E-state index is 1.10. The molecule has 104 valence electrons. The van der Waals surface area contributed by atoms with Crippen molar-refractivity contribution < 1.29 is 0 Å². The van der Waals surface area contributed by atoms with Gasteiger partial charge in [0.25, 0.3) is 0 Å². The van der Waals surface area contributed by atoms with Crippen molar-refractivity contribution in [2.45, 2.75) is 34.6 Å². The van der Waals surface area contributed by atoms with Gasteiger partial charge in [-0.05, 0) is 29.2 Å². The standard InChI is InChI=1S/C15H16.2C2H6/c1-5-9-15-13(7-3)11-10-12(6-2)14(15)8-4;2*1-2/h5-11H,2-4H2,1H3;2*1-2H3/b9-5-;;. The van der Waals surface area contributed by atoms with E-state index in [0.717, 1.165) is 22.3 Å². The van der Waals surface area contributed by atoms with E-state index >= 15 is 0 Å². The average Bonchev–Trinajstić information content (AvgIpc) is 2.51. The molecule has 0 saturated carbocycles. The van der Waals surface area contributed by atoms with Gasteiger partial charge in [-0.25, -0.2) is 0 Å². The molecule has 0 N–H and O–H groups in total. The molecule has 1 aromatic rings. The molecule has 0 atom stereocenters. The zero-order valence-corrected chi connectivity index (χ0v) is 13.2. The smallest absolute Gasteiger partial charge is 0.0109 e. The van der Waals surface area contributed by atoms with Crippen LogP contribution in [0.25, 0.3) is 24.3 Å². The van der Waals surface area contributed by atoms with Crippen LogP contribution in [-0.4, -0.2) is 0 Å². The lowest BCUT2D eigenvalue weighted by atomic mass is 9.95. The molecule has 0 radical (unpaired) electrons. The summed E-state index contributed by atoms with van der Waals surface area (Å²) < 4.78 is 0. The Morgan fingerprint density at radius 2 is 1.16 bits per heavy atom. The predicted molar refractivity (Wildman–Crippen MR) is 94.1 cm³/mol. The van der Waals surface area contributed by atoms with E-state index in [0.29, 0.717) is 0 Å². The zero-order valence-electron chi connectivity index (χ0n) is 13.2. The highest BCUT2D eigenvalue weighted by molar-refractivity contribution is 5.78. The van der Waals surface area contributed by atoms with Crippen LogP contribution >= 0.6 is 0 Å². The maximum Gasteiger partial charge on any atom is -0.0109 e. The van der Waals surface area contributed by atoms with E-state index in [-0.39, 0.29) is 0 Å². The molecule has 19 heavy (non-hydrogen) atoms. The molecule has 0 saturated heterocycles. The molecule has 0 heterocycles. The largest absolute Gasteiger partial charge is 0.0984 e. The molecule has 0 aliphatic carbocycles. The fraction of sp³-hybridized carbons (Fsp3) is 0.263. The van der Waals surface area contributed by atoms with Crippen molar-refractivity contribution in [1.29, 1.82) is 0 Å². The summed E-state index contributed by atoms with van der Waals surface area (Å²) in [6, 6.07) is 4.08. The Hall–Kier alpha value is -1.82. The fourth-order valence-corrected chi connectivity index (χ4v) is 1.61. The highest BCUT2D eigenvalue weighted by Crippen LogP contribution is 2.24. The van der Waals surface area contributed by atoms with E-state index in [1.54, 1.807) is 0 Å². The molecule has 0 bridgehead atoms. The van der Waals surface area contributed by atoms with Gasteiger partial charge in [0, 0.05) is 0 Å². The molecular formula is C19H28. The highest BCUT2D eigenvalue weighted by Gasteiger charge is 2.04. The Kier molecular flexibility index (Phi) is 13.0. The van der Waals surface area contributed by atoms with Gasteiger partial charge in [-0.1, -0.05) is 89.9 Å². The first-order chi connectivity index (χ1) is 9.28. The molecular weight excluding hydrogens is 228 g/mol. The van der Waals surface area contributed by atoms with Gasteiger partial charge in [-0.15, -0.1) is 0 Å². The van der Waals surface area contributed by atoms with Crippen LogP contribution in [0.15, 0.2) is 37.9 Å². The van der Waals surface area contributed by atoms with Gasteiger partial charge in [0.15, 0.2) is 0 Å². The lowest BCUT2D eigenvalue weighted by Gasteiger charge is -2.09. The van der Waals surface area contributed by atoms with Crippen molar-refractivity contribution in [2.24, 2.45) is 0 Å². The Morgan fingerprint density at radius 1 is 0.737 bits per heavy atom. The lowest BCUT2D eigenvalue weighted by molar-refractivity contribution is 1.50. The normalized spacial score (nSPS) is 8.68. The lowest BCUT2D eigenvalue weighted by Crippen LogP contribution is -1.90. The first kappa shape index (κ1) is 19.5. The van der Waals surface area contributed by atoms with Crippen LogP contribution in [0.5, 0.6) is 0 Å². The van der Waals surface area contributed by atoms with Crippen LogP contribution in [0.4, 0.5) is 0 Å². The molecule has 0 heteroatoms. The van der Waals surface area contributed by atoms with Gasteiger partial charge >= 0.3 is 0 Å². The third-order valence-electron chi connectivity index (χ3n) is 2.33. The van der Waals surface area contributed by atoms with Crippen LogP contribution in [0.1, 0.15) is 56.9 Å². The zero-order chi connectivity index (χ0) is 15.3. The second kappa shape index (κ2) is 12.6. The molecule has 1 aromatic carbocycles. The van der Waals surface area contributed by atoms with Gasteiger partial charge in [-0.3, -0.25) is 0 Å². The maximum absolute atomic E-state index is 3.84. The van der Waals surface area contributed by atoms with Crippen molar-refractivity contribution in [3.63, 3.8) is 0 Å². The number of rotatable bonds is 4. The van der Waals surface area contributed by atoms with Crippen LogP contribution in [0.2, 0.25) is 0 Å². The molecule has 0 aliphatic rings. The molecule has 1 rings (SSSR count). The predicted octanol–water partition coefficient (Wildman–Crippen LogP) is 6.70. The van der Waals surface area contributed by atoms with E-state index in [4.69, 9.17) is 0 Å². The first-order valence-electron chi connectivity index (χ1n) is 6.95. The second-order valence-corrected chi connectivity index (χ2v) is 3.18. The molecule has 0 unspecified atom stereocenters. The van der Waals surface area contributed by atoms with E-state index in [9.17, 15) is 0 Å². The molecule has 0 fully saturated rings. The van der Waals surface area contributed by atoms with Gasteiger partial charge in [0.05, 0.1) is 0 Å². The topological polar surface area (TPSA) is 0 Å². The summed E-state index contributed by atoms with van der Waals surface area (Å²) in [5.41, 5.74) is 4.48. The summed E-state index contributed by atoms with van der Waals surface area (Å²) >= 11 is 0. The van der Waals surface area contributed by atoms with Gasteiger partial charge < -0.3 is 0 Å². The van der Waals surface area contributed by atoms with Crippen LogP contribution in [0, 0.1) is 0 Å². The van der Waals surface area contributed by atoms with Crippen LogP contribution < -0.4 is 0 Å².